The third-order valence-corrected chi connectivity index (χ3v) is 3.99. The van der Waals surface area contributed by atoms with Crippen LogP contribution in [-0.2, 0) is 16.8 Å². The number of aliphatic carboxylic acids is 1. The Labute approximate surface area is 166 Å². The van der Waals surface area contributed by atoms with Gasteiger partial charge in [-0.05, 0) is 29.8 Å². The summed E-state index contributed by atoms with van der Waals surface area (Å²) in [4.78, 5) is 10.6. The normalized spacial score (nSPS) is 12.5. The van der Waals surface area contributed by atoms with Crippen molar-refractivity contribution in [2.45, 2.75) is 24.4 Å². The minimum absolute atomic E-state index is 0.00900. The van der Waals surface area contributed by atoms with Crippen molar-refractivity contribution in [3.05, 3.63) is 59.7 Å². The molecule has 0 aliphatic carbocycles. The summed E-state index contributed by atoms with van der Waals surface area (Å²) in [5.74, 6) is -0.582. The summed E-state index contributed by atoms with van der Waals surface area (Å²) in [6, 6.07) is 8.93. The average molecular weight is 438 g/mol. The standard InChI is InChI=1S/C19H16F6O5/c20-18(21,22)17(28,19(23,24)25)13-3-7-15(8-4-13)30-10-9-29-14-5-1-12(2-6-14)11-16(26)27/h1-8,28H,9-11H2,(H,26,27). The van der Waals surface area contributed by atoms with Crippen LogP contribution in [0, 0.1) is 0 Å². The van der Waals surface area contributed by atoms with E-state index in [4.69, 9.17) is 14.6 Å². The second-order valence-electron chi connectivity index (χ2n) is 6.14. The van der Waals surface area contributed by atoms with Gasteiger partial charge >= 0.3 is 18.3 Å². The Bertz CT molecular complexity index is 830. The molecule has 5 nitrogen and oxygen atoms in total. The Morgan fingerprint density at radius 3 is 1.53 bits per heavy atom. The van der Waals surface area contributed by atoms with Gasteiger partial charge in [-0.2, -0.15) is 26.3 Å². The highest BCUT2D eigenvalue weighted by Gasteiger charge is 2.71. The first-order valence-electron chi connectivity index (χ1n) is 8.37. The number of rotatable bonds is 8. The Morgan fingerprint density at radius 2 is 1.17 bits per heavy atom. The van der Waals surface area contributed by atoms with Crippen LogP contribution < -0.4 is 9.47 Å². The van der Waals surface area contributed by atoms with Crippen molar-refractivity contribution in [1.29, 1.82) is 0 Å². The molecule has 0 spiro atoms. The Balaban J connectivity index is 1.93. The van der Waals surface area contributed by atoms with Gasteiger partial charge in [0.2, 0.25) is 0 Å². The highest BCUT2D eigenvalue weighted by molar-refractivity contribution is 5.70. The summed E-state index contributed by atoms with van der Waals surface area (Å²) < 4.78 is 87.6. The fourth-order valence-electron chi connectivity index (χ4n) is 2.48. The minimum atomic E-state index is -5.96. The zero-order valence-corrected chi connectivity index (χ0v) is 15.1. The van der Waals surface area contributed by atoms with Crippen molar-refractivity contribution < 1.29 is 50.8 Å². The number of carboxylic acids is 1. The molecule has 0 saturated carbocycles. The molecular formula is C19H16F6O5. The summed E-state index contributed by atoms with van der Waals surface area (Å²) in [5, 5.41) is 18.0. The lowest BCUT2D eigenvalue weighted by atomic mass is 9.92. The van der Waals surface area contributed by atoms with Crippen LogP contribution in [0.1, 0.15) is 11.1 Å². The topological polar surface area (TPSA) is 76.0 Å². The monoisotopic (exact) mass is 438 g/mol. The van der Waals surface area contributed by atoms with Crippen LogP contribution in [0.4, 0.5) is 26.3 Å². The maximum atomic E-state index is 12.8. The first-order chi connectivity index (χ1) is 13.8. The summed E-state index contributed by atoms with van der Waals surface area (Å²) in [6.45, 7) is -0.0614. The van der Waals surface area contributed by atoms with Gasteiger partial charge in [-0.1, -0.05) is 24.3 Å². The van der Waals surface area contributed by atoms with Crippen molar-refractivity contribution in [2.24, 2.45) is 0 Å². The van der Waals surface area contributed by atoms with E-state index in [9.17, 15) is 36.2 Å². The van der Waals surface area contributed by atoms with E-state index < -0.39 is 29.5 Å². The largest absolute Gasteiger partial charge is 0.490 e. The molecule has 0 aliphatic heterocycles. The molecule has 0 saturated heterocycles. The molecule has 0 amide bonds. The molecule has 2 aromatic rings. The van der Waals surface area contributed by atoms with Gasteiger partial charge in [0, 0.05) is 5.56 Å². The third kappa shape index (κ3) is 5.35. The van der Waals surface area contributed by atoms with E-state index in [1.54, 1.807) is 24.3 Å². The molecule has 11 heteroatoms. The zero-order valence-electron chi connectivity index (χ0n) is 15.1. The predicted octanol–water partition coefficient (Wildman–Crippen LogP) is 4.08. The van der Waals surface area contributed by atoms with Gasteiger partial charge in [0.25, 0.3) is 5.60 Å². The number of halogens is 6. The van der Waals surface area contributed by atoms with Crippen LogP contribution in [0.5, 0.6) is 11.5 Å². The molecule has 0 bridgehead atoms. The Kier molecular flexibility index (Phi) is 6.86. The molecular weight excluding hydrogens is 422 g/mol. The predicted molar refractivity (Wildman–Crippen MR) is 91.2 cm³/mol. The Hall–Kier alpha value is -2.95. The fraction of sp³-hybridized carbons (Fsp3) is 0.316. The number of carboxylic acid groups (broad SMARTS) is 1. The fourth-order valence-corrected chi connectivity index (χ4v) is 2.48. The molecule has 2 N–H and O–H groups in total. The van der Waals surface area contributed by atoms with Crippen LogP contribution in [-0.4, -0.2) is 41.7 Å². The van der Waals surface area contributed by atoms with Crippen molar-refractivity contribution in [3.63, 3.8) is 0 Å². The molecule has 0 fully saturated rings. The quantitative estimate of drug-likeness (QED) is 0.480. The van der Waals surface area contributed by atoms with Crippen molar-refractivity contribution in [1.82, 2.24) is 0 Å². The molecule has 0 heterocycles. The molecule has 0 unspecified atom stereocenters. The van der Waals surface area contributed by atoms with Gasteiger partial charge in [0.15, 0.2) is 0 Å². The van der Waals surface area contributed by atoms with E-state index in [-0.39, 0.29) is 25.4 Å². The van der Waals surface area contributed by atoms with E-state index in [1.165, 1.54) is 0 Å². The van der Waals surface area contributed by atoms with Crippen LogP contribution in [0.25, 0.3) is 0 Å². The SMILES string of the molecule is O=C(O)Cc1ccc(OCCOc2ccc(C(O)(C(F)(F)F)C(F)(F)F)cc2)cc1. The number of ether oxygens (including phenoxy) is 2. The van der Waals surface area contributed by atoms with Crippen LogP contribution in [0.3, 0.4) is 0 Å². The van der Waals surface area contributed by atoms with E-state index in [0.717, 1.165) is 12.1 Å². The molecule has 30 heavy (non-hydrogen) atoms. The lowest BCUT2D eigenvalue weighted by Crippen LogP contribution is -2.53. The van der Waals surface area contributed by atoms with Crippen LogP contribution in [0.15, 0.2) is 48.5 Å². The lowest BCUT2D eigenvalue weighted by Gasteiger charge is -2.32. The maximum Gasteiger partial charge on any atom is 0.430 e. The second kappa shape index (κ2) is 8.82. The first-order valence-corrected chi connectivity index (χ1v) is 8.37. The highest BCUT2D eigenvalue weighted by Crippen LogP contribution is 2.50. The van der Waals surface area contributed by atoms with Crippen molar-refractivity contribution in [2.75, 3.05) is 13.2 Å². The second-order valence-corrected chi connectivity index (χ2v) is 6.14. The molecule has 2 rings (SSSR count). The summed E-state index contributed by atoms with van der Waals surface area (Å²) in [7, 11) is 0. The van der Waals surface area contributed by atoms with Gasteiger partial charge in [0.1, 0.15) is 24.7 Å². The summed E-state index contributed by atoms with van der Waals surface area (Å²) in [5.41, 5.74) is -5.80. The summed E-state index contributed by atoms with van der Waals surface area (Å²) >= 11 is 0. The number of carbonyl (C=O) groups is 1. The highest BCUT2D eigenvalue weighted by atomic mass is 19.4. The van der Waals surface area contributed by atoms with Crippen LogP contribution >= 0.6 is 0 Å². The number of hydrogen-bond acceptors (Lipinski definition) is 4. The first kappa shape index (κ1) is 23.3. The lowest BCUT2D eigenvalue weighted by molar-refractivity contribution is -0.376. The molecule has 0 atom stereocenters. The van der Waals surface area contributed by atoms with Crippen molar-refractivity contribution >= 4 is 5.97 Å². The molecule has 0 aliphatic rings. The van der Waals surface area contributed by atoms with E-state index in [1.807, 2.05) is 0 Å². The number of benzene rings is 2. The van der Waals surface area contributed by atoms with Gasteiger partial charge in [0.05, 0.1) is 6.42 Å². The van der Waals surface area contributed by atoms with Gasteiger partial charge in [-0.3, -0.25) is 4.79 Å². The maximum absolute atomic E-state index is 12.8. The van der Waals surface area contributed by atoms with E-state index >= 15 is 0 Å². The zero-order chi connectivity index (χ0) is 22.6. The van der Waals surface area contributed by atoms with Gasteiger partial charge in [-0.25, -0.2) is 0 Å². The van der Waals surface area contributed by atoms with Gasteiger partial charge in [-0.15, -0.1) is 0 Å². The molecule has 0 aromatic heterocycles. The van der Waals surface area contributed by atoms with Crippen LogP contribution in [0.2, 0.25) is 0 Å². The number of aliphatic hydroxyl groups is 1. The number of alkyl halides is 6. The van der Waals surface area contributed by atoms with Crippen molar-refractivity contribution in [3.8, 4) is 11.5 Å². The van der Waals surface area contributed by atoms with E-state index in [2.05, 4.69) is 0 Å². The van der Waals surface area contributed by atoms with Gasteiger partial charge < -0.3 is 19.7 Å². The molecule has 164 valence electrons. The smallest absolute Gasteiger partial charge is 0.430 e. The number of hydrogen-bond donors (Lipinski definition) is 2. The minimum Gasteiger partial charge on any atom is -0.490 e. The Morgan fingerprint density at radius 1 is 0.767 bits per heavy atom. The van der Waals surface area contributed by atoms with E-state index in [0.29, 0.717) is 23.4 Å². The molecule has 2 aromatic carbocycles. The summed E-state index contributed by atoms with van der Waals surface area (Å²) in [6.07, 6.45) is -12.1. The average Bonchev–Trinajstić information content (AvgIpc) is 2.64. The third-order valence-electron chi connectivity index (χ3n) is 3.99. The molecule has 0 radical (unpaired) electrons.